The van der Waals surface area contributed by atoms with E-state index >= 15 is 0 Å². The summed E-state index contributed by atoms with van der Waals surface area (Å²) in [4.78, 5) is 18.8. The maximum atomic E-state index is 12.5. The van der Waals surface area contributed by atoms with Crippen LogP contribution in [0.5, 0.6) is 5.75 Å². The Hall–Kier alpha value is -2.11. The van der Waals surface area contributed by atoms with E-state index in [0.29, 0.717) is 17.2 Å². The maximum Gasteiger partial charge on any atom is 0.319 e. The number of rotatable bonds is 2. The van der Waals surface area contributed by atoms with Crippen LogP contribution in [-0.2, 0) is 11.2 Å². The number of pyridine rings is 1. The third-order valence-corrected chi connectivity index (χ3v) is 4.97. The number of hydrogen-bond acceptors (Lipinski definition) is 5. The minimum atomic E-state index is -0.399. The first-order valence-electron chi connectivity index (χ1n) is 8.12. The van der Waals surface area contributed by atoms with Gasteiger partial charge < -0.3 is 15.0 Å². The molecule has 1 aromatic heterocycles. The van der Waals surface area contributed by atoms with Crippen molar-refractivity contribution >= 4 is 23.3 Å². The molecule has 1 saturated heterocycles. The number of nitrogens with one attached hydrogen (secondary N) is 1. The zero-order valence-electron chi connectivity index (χ0n) is 13.2. The van der Waals surface area contributed by atoms with Crippen molar-refractivity contribution in [1.82, 2.24) is 10.3 Å². The van der Waals surface area contributed by atoms with Gasteiger partial charge in [-0.3, -0.25) is 9.78 Å². The zero-order chi connectivity index (χ0) is 16.5. The third kappa shape index (κ3) is 2.85. The SMILES string of the molecule is O=C1Oc2cc(N3CCNCC3)ccc2CC1c1cnccc1Cl. The molecule has 124 valence electrons. The molecular weight excluding hydrogens is 326 g/mol. The Bertz CT molecular complexity index is 775. The van der Waals surface area contributed by atoms with E-state index in [0.717, 1.165) is 43.0 Å². The van der Waals surface area contributed by atoms with Crippen LogP contribution in [0.2, 0.25) is 5.02 Å². The van der Waals surface area contributed by atoms with Gasteiger partial charge in [-0.25, -0.2) is 0 Å². The Morgan fingerprint density at radius 1 is 1.25 bits per heavy atom. The van der Waals surface area contributed by atoms with Crippen molar-refractivity contribution in [3.05, 3.63) is 52.8 Å². The van der Waals surface area contributed by atoms with Gasteiger partial charge in [-0.05, 0) is 24.1 Å². The molecule has 2 aliphatic heterocycles. The van der Waals surface area contributed by atoms with E-state index in [-0.39, 0.29) is 5.97 Å². The van der Waals surface area contributed by atoms with Gasteiger partial charge in [0.05, 0.1) is 5.92 Å². The number of anilines is 1. The number of carbonyl (C=O) groups excluding carboxylic acids is 1. The lowest BCUT2D eigenvalue weighted by atomic mass is 9.90. The molecule has 0 amide bonds. The van der Waals surface area contributed by atoms with Gasteiger partial charge in [-0.2, -0.15) is 0 Å². The Kier molecular flexibility index (Phi) is 4.12. The van der Waals surface area contributed by atoms with Crippen molar-refractivity contribution in [3.63, 3.8) is 0 Å². The number of esters is 1. The highest BCUT2D eigenvalue weighted by Crippen LogP contribution is 2.37. The molecule has 5 nitrogen and oxygen atoms in total. The molecule has 6 heteroatoms. The van der Waals surface area contributed by atoms with Crippen molar-refractivity contribution in [2.75, 3.05) is 31.1 Å². The highest BCUT2D eigenvalue weighted by molar-refractivity contribution is 6.31. The van der Waals surface area contributed by atoms with Crippen LogP contribution in [-0.4, -0.2) is 37.1 Å². The molecule has 1 atom stereocenters. The van der Waals surface area contributed by atoms with Crippen LogP contribution < -0.4 is 15.0 Å². The molecule has 0 bridgehead atoms. The predicted molar refractivity (Wildman–Crippen MR) is 92.9 cm³/mol. The van der Waals surface area contributed by atoms with Crippen molar-refractivity contribution in [2.24, 2.45) is 0 Å². The van der Waals surface area contributed by atoms with Crippen molar-refractivity contribution < 1.29 is 9.53 Å². The summed E-state index contributed by atoms with van der Waals surface area (Å²) >= 11 is 6.22. The lowest BCUT2D eigenvalue weighted by molar-refractivity contribution is -0.137. The standard InChI is InChI=1S/C18H18ClN3O2/c19-16-3-4-21-11-15(16)14-9-12-1-2-13(10-17(12)24-18(14)23)22-7-5-20-6-8-22/h1-4,10-11,14,20H,5-9H2. The van der Waals surface area contributed by atoms with Gasteiger partial charge in [0.1, 0.15) is 5.75 Å². The Morgan fingerprint density at radius 2 is 2.08 bits per heavy atom. The summed E-state index contributed by atoms with van der Waals surface area (Å²) < 4.78 is 5.62. The fourth-order valence-electron chi connectivity index (χ4n) is 3.29. The van der Waals surface area contributed by atoms with E-state index < -0.39 is 5.92 Å². The van der Waals surface area contributed by atoms with E-state index in [1.165, 1.54) is 0 Å². The molecule has 1 fully saturated rings. The normalized spacial score (nSPS) is 20.5. The Balaban J connectivity index is 1.61. The molecule has 0 radical (unpaired) electrons. The fraction of sp³-hybridized carbons (Fsp3) is 0.333. The molecule has 1 aromatic carbocycles. The first-order chi connectivity index (χ1) is 11.7. The number of aromatic nitrogens is 1. The number of hydrogen-bond donors (Lipinski definition) is 1. The molecule has 1 unspecified atom stereocenters. The second-order valence-electron chi connectivity index (χ2n) is 6.10. The molecule has 24 heavy (non-hydrogen) atoms. The largest absolute Gasteiger partial charge is 0.426 e. The summed E-state index contributed by atoms with van der Waals surface area (Å²) in [6, 6.07) is 7.83. The maximum absolute atomic E-state index is 12.5. The quantitative estimate of drug-likeness (QED) is 0.670. The lowest BCUT2D eigenvalue weighted by Crippen LogP contribution is -2.43. The van der Waals surface area contributed by atoms with Crippen LogP contribution in [0.3, 0.4) is 0 Å². The summed E-state index contributed by atoms with van der Waals surface area (Å²) in [6.07, 6.45) is 3.85. The zero-order valence-corrected chi connectivity index (χ0v) is 13.9. The molecule has 3 heterocycles. The van der Waals surface area contributed by atoms with Gasteiger partial charge in [0.2, 0.25) is 0 Å². The monoisotopic (exact) mass is 343 g/mol. The van der Waals surface area contributed by atoms with Crippen LogP contribution in [0.1, 0.15) is 17.0 Å². The summed E-state index contributed by atoms with van der Waals surface area (Å²) in [5.41, 5.74) is 2.85. The third-order valence-electron chi connectivity index (χ3n) is 4.62. The van der Waals surface area contributed by atoms with E-state index in [2.05, 4.69) is 27.3 Å². The molecule has 0 aliphatic carbocycles. The second-order valence-corrected chi connectivity index (χ2v) is 6.51. The molecule has 2 aliphatic rings. The van der Waals surface area contributed by atoms with E-state index in [4.69, 9.17) is 16.3 Å². The van der Waals surface area contributed by atoms with Gasteiger partial charge in [0.15, 0.2) is 0 Å². The summed E-state index contributed by atoms with van der Waals surface area (Å²) in [5, 5.41) is 3.89. The van der Waals surface area contributed by atoms with Gasteiger partial charge in [0, 0.05) is 60.9 Å². The van der Waals surface area contributed by atoms with Gasteiger partial charge in [0.25, 0.3) is 0 Å². The number of piperazine rings is 1. The average Bonchev–Trinajstić information content (AvgIpc) is 2.62. The predicted octanol–water partition coefficient (Wildman–Crippen LogP) is 2.39. The van der Waals surface area contributed by atoms with Gasteiger partial charge >= 0.3 is 5.97 Å². The molecule has 4 rings (SSSR count). The number of halogens is 1. The van der Waals surface area contributed by atoms with Crippen LogP contribution in [0.4, 0.5) is 5.69 Å². The average molecular weight is 344 g/mol. The van der Waals surface area contributed by atoms with E-state index in [1.807, 2.05) is 6.07 Å². The first-order valence-corrected chi connectivity index (χ1v) is 8.50. The van der Waals surface area contributed by atoms with Crippen LogP contribution >= 0.6 is 11.6 Å². The smallest absolute Gasteiger partial charge is 0.319 e. The minimum absolute atomic E-state index is 0.269. The molecular formula is C18H18ClN3O2. The summed E-state index contributed by atoms with van der Waals surface area (Å²) in [5.74, 6) is -0.00843. The van der Waals surface area contributed by atoms with E-state index in [1.54, 1.807) is 18.5 Å². The van der Waals surface area contributed by atoms with E-state index in [9.17, 15) is 4.79 Å². The fourth-order valence-corrected chi connectivity index (χ4v) is 3.53. The highest BCUT2D eigenvalue weighted by Gasteiger charge is 2.31. The van der Waals surface area contributed by atoms with Crippen LogP contribution in [0, 0.1) is 0 Å². The number of carbonyl (C=O) groups is 1. The van der Waals surface area contributed by atoms with Crippen molar-refractivity contribution in [2.45, 2.75) is 12.3 Å². The van der Waals surface area contributed by atoms with Crippen molar-refractivity contribution in [1.29, 1.82) is 0 Å². The van der Waals surface area contributed by atoms with Crippen LogP contribution in [0.15, 0.2) is 36.7 Å². The Morgan fingerprint density at radius 3 is 2.88 bits per heavy atom. The van der Waals surface area contributed by atoms with Crippen molar-refractivity contribution in [3.8, 4) is 5.75 Å². The number of fused-ring (bicyclic) bond motifs is 1. The number of nitrogens with zero attached hydrogens (tertiary/aromatic N) is 2. The minimum Gasteiger partial charge on any atom is -0.426 e. The number of benzene rings is 1. The molecule has 1 N–H and O–H groups in total. The Labute approximate surface area is 145 Å². The molecule has 2 aromatic rings. The molecule has 0 saturated carbocycles. The topological polar surface area (TPSA) is 54.5 Å². The lowest BCUT2D eigenvalue weighted by Gasteiger charge is -2.31. The highest BCUT2D eigenvalue weighted by atomic mass is 35.5. The number of ether oxygens (including phenoxy) is 1. The molecule has 0 spiro atoms. The van der Waals surface area contributed by atoms with Gasteiger partial charge in [-0.1, -0.05) is 17.7 Å². The first kappa shape index (κ1) is 15.4. The van der Waals surface area contributed by atoms with Crippen LogP contribution in [0.25, 0.3) is 0 Å². The summed E-state index contributed by atoms with van der Waals surface area (Å²) in [6.45, 7) is 3.86. The summed E-state index contributed by atoms with van der Waals surface area (Å²) in [7, 11) is 0. The second kappa shape index (κ2) is 6.42. The van der Waals surface area contributed by atoms with Gasteiger partial charge in [-0.15, -0.1) is 0 Å².